The van der Waals surface area contributed by atoms with Gasteiger partial charge in [-0.2, -0.15) is 10.3 Å². The molecule has 0 N–H and O–H groups in total. The highest BCUT2D eigenvalue weighted by molar-refractivity contribution is 6.29. The van der Waals surface area contributed by atoms with Crippen molar-refractivity contribution < 1.29 is 0 Å². The maximum atomic E-state index is 8.39. The zero-order valence-corrected chi connectivity index (χ0v) is 9.36. The minimum Gasteiger partial charge on any atom is -0.358 e. The van der Waals surface area contributed by atoms with Crippen molar-refractivity contribution in [1.82, 2.24) is 9.88 Å². The fourth-order valence-electron chi connectivity index (χ4n) is 1.05. The van der Waals surface area contributed by atoms with Crippen molar-refractivity contribution >= 4 is 17.4 Å². The molecule has 0 bridgehead atoms. The van der Waals surface area contributed by atoms with Crippen LogP contribution in [0.5, 0.6) is 0 Å². The lowest BCUT2D eigenvalue weighted by atomic mass is 10.3. The number of halogens is 1. The lowest BCUT2D eigenvalue weighted by molar-refractivity contribution is 0.497. The third-order valence-corrected chi connectivity index (χ3v) is 2.20. The van der Waals surface area contributed by atoms with Gasteiger partial charge in [-0.05, 0) is 18.6 Å². The third kappa shape index (κ3) is 4.28. The molecule has 0 unspecified atom stereocenters. The van der Waals surface area contributed by atoms with E-state index < -0.39 is 0 Å². The number of aliphatic imine (C=N–C) groups is 1. The Kier molecular flexibility index (Phi) is 6.12. The van der Waals surface area contributed by atoms with Crippen molar-refractivity contribution in [2.75, 3.05) is 7.05 Å². The van der Waals surface area contributed by atoms with Crippen LogP contribution in [0.1, 0.15) is 19.9 Å². The van der Waals surface area contributed by atoms with Gasteiger partial charge >= 0.3 is 0 Å². The van der Waals surface area contributed by atoms with E-state index >= 15 is 0 Å². The van der Waals surface area contributed by atoms with E-state index in [1.165, 1.54) is 0 Å². The number of aromatic nitrogens is 1. The van der Waals surface area contributed by atoms with E-state index in [9.17, 15) is 0 Å². The Morgan fingerprint density at radius 3 is 2.81 bits per heavy atom. The molecule has 1 aromatic rings. The molecule has 0 saturated heterocycles. The van der Waals surface area contributed by atoms with Gasteiger partial charge in [0.15, 0.2) is 0 Å². The van der Waals surface area contributed by atoms with E-state index in [1.54, 1.807) is 25.4 Å². The quantitative estimate of drug-likeness (QED) is 0.345. The summed E-state index contributed by atoms with van der Waals surface area (Å²) in [6.07, 6.45) is 3.46. The molecule has 0 aliphatic rings. The van der Waals surface area contributed by atoms with Crippen LogP contribution in [-0.4, -0.2) is 22.8 Å². The van der Waals surface area contributed by atoms with Crippen molar-refractivity contribution in [3.8, 4) is 6.19 Å². The first kappa shape index (κ1) is 14.4. The monoisotopic (exact) mass is 238 g/mol. The molecule has 0 fully saturated rings. The maximum absolute atomic E-state index is 8.39. The molecule has 0 amide bonds. The summed E-state index contributed by atoms with van der Waals surface area (Å²) in [6, 6.07) is 3.63. The molecular weight excluding hydrogens is 224 g/mol. The highest BCUT2D eigenvalue weighted by atomic mass is 35.5. The average Bonchev–Trinajstić information content (AvgIpc) is 2.22. The van der Waals surface area contributed by atoms with Gasteiger partial charge in [-0.15, -0.1) is 0 Å². The van der Waals surface area contributed by atoms with E-state index in [0.717, 1.165) is 5.56 Å². The smallest absolute Gasteiger partial charge is 0.207 e. The number of amidine groups is 1. The van der Waals surface area contributed by atoms with Crippen LogP contribution < -0.4 is 0 Å². The van der Waals surface area contributed by atoms with Crippen LogP contribution in [0.3, 0.4) is 0 Å². The summed E-state index contributed by atoms with van der Waals surface area (Å²) >= 11 is 5.67. The summed E-state index contributed by atoms with van der Waals surface area (Å²) in [7, 11) is 1.87. The Labute approximate surface area is 101 Å². The predicted octanol–water partition coefficient (Wildman–Crippen LogP) is 2.70. The Morgan fingerprint density at radius 2 is 2.31 bits per heavy atom. The Bertz CT molecular complexity index is 391. The molecule has 4 nitrogen and oxygen atoms in total. The van der Waals surface area contributed by atoms with E-state index in [4.69, 9.17) is 16.9 Å². The van der Waals surface area contributed by atoms with Crippen LogP contribution >= 0.6 is 11.6 Å². The number of hydrogen-bond acceptors (Lipinski definition) is 3. The minimum absolute atomic E-state index is 0. The highest BCUT2D eigenvalue weighted by Gasteiger charge is 2.02. The van der Waals surface area contributed by atoms with Gasteiger partial charge < -0.3 is 4.90 Å². The molecule has 0 radical (unpaired) electrons. The van der Waals surface area contributed by atoms with Gasteiger partial charge in [-0.25, -0.2) is 4.98 Å². The lowest BCUT2D eigenvalue weighted by Crippen LogP contribution is -2.23. The van der Waals surface area contributed by atoms with Crippen molar-refractivity contribution in [1.29, 1.82) is 5.26 Å². The van der Waals surface area contributed by atoms with Crippen LogP contribution in [0.15, 0.2) is 23.3 Å². The second-order valence-electron chi connectivity index (χ2n) is 3.10. The number of nitrogens with zero attached hydrogens (tertiary/aromatic N) is 4. The van der Waals surface area contributed by atoms with Crippen LogP contribution in [0.4, 0.5) is 0 Å². The van der Waals surface area contributed by atoms with Gasteiger partial charge in [0.25, 0.3) is 0 Å². The summed E-state index contributed by atoms with van der Waals surface area (Å²) in [4.78, 5) is 9.48. The Balaban J connectivity index is 0.00000225. The molecule has 0 aliphatic carbocycles. The first-order valence-electron chi connectivity index (χ1n) is 4.38. The predicted molar refractivity (Wildman–Crippen MR) is 66.2 cm³/mol. The summed E-state index contributed by atoms with van der Waals surface area (Å²) < 4.78 is 0. The Morgan fingerprint density at radius 1 is 1.62 bits per heavy atom. The van der Waals surface area contributed by atoms with Gasteiger partial charge in [0.05, 0.1) is 0 Å². The van der Waals surface area contributed by atoms with Gasteiger partial charge in [-0.1, -0.05) is 25.1 Å². The standard InChI is InChI=1S/C10H11ClN4.CH4/c1-8(14-7-12)15(2)6-9-3-4-10(11)13-5-9;/h3-5H,6H2,1-2H3;1H4. The second-order valence-corrected chi connectivity index (χ2v) is 3.49. The van der Waals surface area contributed by atoms with Crippen LogP contribution in [0, 0.1) is 11.5 Å². The molecule has 0 aromatic carbocycles. The first-order chi connectivity index (χ1) is 7.13. The van der Waals surface area contributed by atoms with Crippen LogP contribution in [0.25, 0.3) is 0 Å². The number of rotatable bonds is 2. The molecule has 1 heterocycles. The summed E-state index contributed by atoms with van der Waals surface area (Å²) in [5.41, 5.74) is 1.02. The maximum Gasteiger partial charge on any atom is 0.207 e. The molecule has 0 aliphatic heterocycles. The van der Waals surface area contributed by atoms with Crippen molar-refractivity contribution in [2.45, 2.75) is 20.9 Å². The zero-order valence-electron chi connectivity index (χ0n) is 8.61. The topological polar surface area (TPSA) is 52.3 Å². The molecule has 5 heteroatoms. The largest absolute Gasteiger partial charge is 0.358 e. The van der Waals surface area contributed by atoms with Crippen molar-refractivity contribution in [3.63, 3.8) is 0 Å². The summed E-state index contributed by atoms with van der Waals surface area (Å²) in [6.45, 7) is 2.44. The molecule has 0 atom stereocenters. The number of pyridine rings is 1. The van der Waals surface area contributed by atoms with Crippen molar-refractivity contribution in [2.24, 2.45) is 4.99 Å². The van der Waals surface area contributed by atoms with E-state index in [2.05, 4.69) is 9.98 Å². The van der Waals surface area contributed by atoms with Crippen LogP contribution in [0.2, 0.25) is 5.15 Å². The molecule has 0 spiro atoms. The van der Waals surface area contributed by atoms with Crippen molar-refractivity contribution in [3.05, 3.63) is 29.0 Å². The SMILES string of the molecule is C.CC(=NC#N)N(C)Cc1ccc(Cl)nc1. The lowest BCUT2D eigenvalue weighted by Gasteiger charge is -2.17. The normalized spacial score (nSPS) is 10.2. The van der Waals surface area contributed by atoms with E-state index in [-0.39, 0.29) is 7.43 Å². The molecule has 1 rings (SSSR count). The molecule has 16 heavy (non-hydrogen) atoms. The molecule has 86 valence electrons. The average molecular weight is 239 g/mol. The first-order valence-corrected chi connectivity index (χ1v) is 4.76. The number of nitriles is 1. The van der Waals surface area contributed by atoms with Crippen LogP contribution in [-0.2, 0) is 6.54 Å². The van der Waals surface area contributed by atoms with Gasteiger partial charge in [0.2, 0.25) is 6.19 Å². The zero-order chi connectivity index (χ0) is 11.3. The summed E-state index contributed by atoms with van der Waals surface area (Å²) in [5, 5.41) is 8.87. The second kappa shape index (κ2) is 6.81. The van der Waals surface area contributed by atoms with E-state index in [1.807, 2.05) is 18.0 Å². The molecular formula is C11H15ClN4. The fraction of sp³-hybridized carbons (Fsp3) is 0.364. The molecule has 0 saturated carbocycles. The van der Waals surface area contributed by atoms with E-state index in [0.29, 0.717) is 17.5 Å². The van der Waals surface area contributed by atoms with Gasteiger partial charge in [-0.3, -0.25) is 0 Å². The minimum atomic E-state index is 0. The van der Waals surface area contributed by atoms with Gasteiger partial charge in [0, 0.05) is 19.8 Å². The highest BCUT2D eigenvalue weighted by Crippen LogP contribution is 2.07. The fourth-order valence-corrected chi connectivity index (χ4v) is 1.16. The Hall–Kier alpha value is -1.60. The van der Waals surface area contributed by atoms with Gasteiger partial charge in [0.1, 0.15) is 11.0 Å². The number of hydrogen-bond donors (Lipinski definition) is 0. The summed E-state index contributed by atoms with van der Waals surface area (Å²) in [5.74, 6) is 0.674. The molecule has 1 aromatic heterocycles. The third-order valence-electron chi connectivity index (χ3n) is 1.97.